The summed E-state index contributed by atoms with van der Waals surface area (Å²) in [4.78, 5) is 29.1. The first-order valence-corrected chi connectivity index (χ1v) is 13.0. The van der Waals surface area contributed by atoms with Crippen LogP contribution in [0.15, 0.2) is 51.4 Å². The van der Waals surface area contributed by atoms with Crippen molar-refractivity contribution in [2.75, 3.05) is 19.4 Å². The van der Waals surface area contributed by atoms with E-state index in [1.165, 1.54) is 37.7 Å². The van der Waals surface area contributed by atoms with Crippen LogP contribution in [0.1, 0.15) is 50.0 Å². The van der Waals surface area contributed by atoms with Gasteiger partial charge in [-0.3, -0.25) is 9.79 Å². The summed E-state index contributed by atoms with van der Waals surface area (Å²) in [6.45, 7) is 0. The second-order valence-corrected chi connectivity index (χ2v) is 10.7. The molecule has 6 unspecified atom stereocenters. The highest BCUT2D eigenvalue weighted by atomic mass is 16.2. The zero-order valence-corrected chi connectivity index (χ0v) is 20.5. The Morgan fingerprint density at radius 3 is 2.63 bits per heavy atom. The van der Waals surface area contributed by atoms with Crippen molar-refractivity contribution in [3.63, 3.8) is 0 Å². The Labute approximate surface area is 207 Å². The maximum atomic E-state index is 13.0. The molecule has 35 heavy (non-hydrogen) atoms. The van der Waals surface area contributed by atoms with Gasteiger partial charge in [-0.1, -0.05) is 43.5 Å². The molecule has 2 bridgehead atoms. The molecule has 1 aromatic rings. The van der Waals surface area contributed by atoms with Crippen LogP contribution in [0, 0.1) is 17.8 Å². The largest absolute Gasteiger partial charge is 0.363 e. The summed E-state index contributed by atoms with van der Waals surface area (Å²) in [7, 11) is 3.66. The minimum atomic E-state index is -0.267. The maximum Gasteiger partial charge on any atom is 0.227 e. The topological polar surface area (TPSA) is 93.5 Å². The number of aliphatic imine (C=N–C) groups is 3. The van der Waals surface area contributed by atoms with Crippen molar-refractivity contribution in [2.45, 2.75) is 62.7 Å². The third kappa shape index (κ3) is 4.23. The van der Waals surface area contributed by atoms with Crippen LogP contribution in [0.4, 0.5) is 5.69 Å². The Morgan fingerprint density at radius 2 is 1.86 bits per heavy atom. The molecule has 184 valence electrons. The van der Waals surface area contributed by atoms with E-state index in [2.05, 4.69) is 57.4 Å². The van der Waals surface area contributed by atoms with Crippen LogP contribution in [-0.4, -0.2) is 61.3 Å². The summed E-state index contributed by atoms with van der Waals surface area (Å²) in [6.07, 6.45) is 13.5. The van der Waals surface area contributed by atoms with Gasteiger partial charge in [0.05, 0.1) is 18.3 Å². The molecule has 0 radical (unpaired) electrons. The number of amides is 1. The SMILES string of the molecule is CN(C)C(=O)C1C2C=CC(C2)C1N=C1NC(Nc2ccc(C3CCCCC3)cc2)=NC2N=CNC12. The van der Waals surface area contributed by atoms with Crippen molar-refractivity contribution < 1.29 is 4.79 Å². The van der Waals surface area contributed by atoms with Gasteiger partial charge in [-0.05, 0) is 48.8 Å². The third-order valence-electron chi connectivity index (χ3n) is 8.26. The van der Waals surface area contributed by atoms with E-state index in [4.69, 9.17) is 9.98 Å². The van der Waals surface area contributed by atoms with Gasteiger partial charge >= 0.3 is 0 Å². The predicted octanol–water partition coefficient (Wildman–Crippen LogP) is 3.11. The number of amidine groups is 1. The summed E-state index contributed by atoms with van der Waals surface area (Å²) in [5.74, 6) is 2.74. The lowest BCUT2D eigenvalue weighted by Gasteiger charge is -2.31. The molecule has 2 fully saturated rings. The number of carbonyl (C=O) groups excluding carboxylic acids is 1. The average Bonchev–Trinajstić information content (AvgIpc) is 3.61. The average molecular weight is 474 g/mol. The lowest BCUT2D eigenvalue weighted by atomic mass is 9.84. The van der Waals surface area contributed by atoms with E-state index in [1.807, 2.05) is 14.1 Å². The summed E-state index contributed by atoms with van der Waals surface area (Å²) in [6, 6.07) is 8.56. The molecule has 0 aromatic heterocycles. The number of rotatable bonds is 4. The maximum absolute atomic E-state index is 13.0. The van der Waals surface area contributed by atoms with E-state index in [9.17, 15) is 4.79 Å². The van der Waals surface area contributed by atoms with Crippen molar-refractivity contribution >= 4 is 29.7 Å². The van der Waals surface area contributed by atoms with Crippen LogP contribution in [0.3, 0.4) is 0 Å². The van der Waals surface area contributed by atoms with Crippen LogP contribution < -0.4 is 16.0 Å². The number of hydrogen-bond donors (Lipinski definition) is 3. The molecule has 2 heterocycles. The van der Waals surface area contributed by atoms with Crippen LogP contribution in [0.5, 0.6) is 0 Å². The highest BCUT2D eigenvalue weighted by molar-refractivity contribution is 6.10. The smallest absolute Gasteiger partial charge is 0.227 e. The number of nitrogens with zero attached hydrogens (tertiary/aromatic N) is 4. The molecule has 0 saturated heterocycles. The molecule has 3 aliphatic carbocycles. The van der Waals surface area contributed by atoms with Gasteiger partial charge in [-0.2, -0.15) is 0 Å². The summed E-state index contributed by atoms with van der Waals surface area (Å²) < 4.78 is 0. The molecule has 6 atom stereocenters. The highest BCUT2D eigenvalue weighted by Crippen LogP contribution is 2.46. The fourth-order valence-corrected chi connectivity index (χ4v) is 6.41. The molecule has 6 rings (SSSR count). The second-order valence-electron chi connectivity index (χ2n) is 10.7. The molecular formula is C27H35N7O. The number of benzene rings is 1. The Hall–Kier alpha value is -3.16. The first kappa shape index (κ1) is 22.3. The fraction of sp³-hybridized carbons (Fsp3) is 0.556. The number of carbonyl (C=O) groups is 1. The fourth-order valence-electron chi connectivity index (χ4n) is 6.41. The van der Waals surface area contributed by atoms with Crippen molar-refractivity contribution in [1.82, 2.24) is 15.5 Å². The van der Waals surface area contributed by atoms with Gasteiger partial charge in [-0.25, -0.2) is 9.98 Å². The van der Waals surface area contributed by atoms with E-state index in [-0.39, 0.29) is 36.0 Å². The van der Waals surface area contributed by atoms with Gasteiger partial charge in [0, 0.05) is 25.7 Å². The Bertz CT molecular complexity index is 1080. The van der Waals surface area contributed by atoms with Gasteiger partial charge < -0.3 is 20.9 Å². The highest BCUT2D eigenvalue weighted by Gasteiger charge is 2.49. The second kappa shape index (κ2) is 9.13. The first-order valence-electron chi connectivity index (χ1n) is 13.0. The molecule has 2 saturated carbocycles. The molecule has 1 aromatic carbocycles. The summed E-state index contributed by atoms with van der Waals surface area (Å²) >= 11 is 0. The van der Waals surface area contributed by atoms with Gasteiger partial charge in [0.25, 0.3) is 0 Å². The lowest BCUT2D eigenvalue weighted by molar-refractivity contribution is -0.134. The summed E-state index contributed by atoms with van der Waals surface area (Å²) in [5.41, 5.74) is 2.42. The minimum Gasteiger partial charge on any atom is -0.363 e. The van der Waals surface area contributed by atoms with E-state index < -0.39 is 0 Å². The Morgan fingerprint density at radius 1 is 1.09 bits per heavy atom. The molecule has 1 amide bonds. The van der Waals surface area contributed by atoms with E-state index in [1.54, 1.807) is 11.2 Å². The number of fused-ring (bicyclic) bond motifs is 3. The lowest BCUT2D eigenvalue weighted by Crippen LogP contribution is -2.55. The standard InChI is InChI=1S/C27H35N7O/c1-34(2)26(35)21-18-8-9-19(14-18)22(21)31-25-23-24(29-15-28-23)32-27(33-25)30-20-12-10-17(11-13-20)16-6-4-3-5-7-16/h8-13,15-16,18-19,21-24H,3-7,14H2,1-2H3,(H,28,29)(H2,30,31,32,33). The van der Waals surface area contributed by atoms with Gasteiger partial charge in [0.15, 0.2) is 6.17 Å². The van der Waals surface area contributed by atoms with Crippen molar-refractivity contribution in [3.8, 4) is 0 Å². The number of allylic oxidation sites excluding steroid dienone is 1. The Kier molecular flexibility index (Phi) is 5.82. The molecule has 0 spiro atoms. The third-order valence-corrected chi connectivity index (χ3v) is 8.26. The van der Waals surface area contributed by atoms with Crippen LogP contribution >= 0.6 is 0 Å². The minimum absolute atomic E-state index is 0.0698. The van der Waals surface area contributed by atoms with Crippen molar-refractivity contribution in [2.24, 2.45) is 32.7 Å². The zero-order valence-electron chi connectivity index (χ0n) is 20.5. The predicted molar refractivity (Wildman–Crippen MR) is 140 cm³/mol. The van der Waals surface area contributed by atoms with Gasteiger partial charge in [-0.15, -0.1) is 0 Å². The monoisotopic (exact) mass is 473 g/mol. The molecule has 8 heteroatoms. The van der Waals surface area contributed by atoms with Crippen LogP contribution in [-0.2, 0) is 4.79 Å². The van der Waals surface area contributed by atoms with Crippen LogP contribution in [0.25, 0.3) is 0 Å². The number of hydrogen-bond acceptors (Lipinski definition) is 6. The number of nitrogens with one attached hydrogen (secondary N) is 3. The first-order chi connectivity index (χ1) is 17.1. The molecule has 3 N–H and O–H groups in total. The van der Waals surface area contributed by atoms with E-state index in [0.717, 1.165) is 17.9 Å². The normalized spacial score (nSPS) is 34.3. The van der Waals surface area contributed by atoms with E-state index in [0.29, 0.717) is 17.8 Å². The van der Waals surface area contributed by atoms with Crippen LogP contribution in [0.2, 0.25) is 0 Å². The molecule has 8 nitrogen and oxygen atoms in total. The van der Waals surface area contributed by atoms with Crippen molar-refractivity contribution in [1.29, 1.82) is 0 Å². The number of anilines is 1. The quantitative estimate of drug-likeness (QED) is 0.586. The van der Waals surface area contributed by atoms with E-state index >= 15 is 0 Å². The molecule has 2 aliphatic heterocycles. The van der Waals surface area contributed by atoms with Crippen molar-refractivity contribution in [3.05, 3.63) is 42.0 Å². The summed E-state index contributed by atoms with van der Waals surface area (Å²) in [5, 5.41) is 10.1. The Balaban J connectivity index is 1.21. The zero-order chi connectivity index (χ0) is 23.9. The number of guanidine groups is 1. The molecule has 5 aliphatic rings. The molecular weight excluding hydrogens is 438 g/mol. The van der Waals surface area contributed by atoms with Gasteiger partial charge in [0.2, 0.25) is 11.9 Å². The van der Waals surface area contributed by atoms with Gasteiger partial charge in [0.1, 0.15) is 11.9 Å².